The van der Waals surface area contributed by atoms with E-state index < -0.39 is 11.6 Å². The lowest BCUT2D eigenvalue weighted by Gasteiger charge is -2.28. The summed E-state index contributed by atoms with van der Waals surface area (Å²) in [7, 11) is 0. The van der Waals surface area contributed by atoms with Crippen LogP contribution in [-0.2, 0) is 4.74 Å². The van der Waals surface area contributed by atoms with Crippen molar-refractivity contribution in [2.24, 2.45) is 5.92 Å². The van der Waals surface area contributed by atoms with Crippen LogP contribution in [0.1, 0.15) is 44.8 Å². The van der Waals surface area contributed by atoms with Crippen LogP contribution >= 0.6 is 0 Å². The molecule has 4 heteroatoms. The number of rotatable bonds is 6. The fraction of sp³-hybridized carbons (Fsp3) is 0.391. The second-order valence-corrected chi connectivity index (χ2v) is 6.79. The fourth-order valence-electron chi connectivity index (χ4n) is 3.41. The Bertz CT molecular complexity index is 776. The van der Waals surface area contributed by atoms with Crippen molar-refractivity contribution >= 4 is 0 Å². The molecule has 144 valence electrons. The van der Waals surface area contributed by atoms with Gasteiger partial charge in [0.15, 0.2) is 11.6 Å². The third-order valence-electron chi connectivity index (χ3n) is 4.90. The van der Waals surface area contributed by atoms with E-state index in [1.165, 1.54) is 6.07 Å². The van der Waals surface area contributed by atoms with Crippen molar-refractivity contribution < 1.29 is 18.3 Å². The summed E-state index contributed by atoms with van der Waals surface area (Å²) in [4.78, 5) is 0. The zero-order chi connectivity index (χ0) is 19.2. The molecule has 1 saturated heterocycles. The monoisotopic (exact) mass is 372 g/mol. The average molecular weight is 372 g/mol. The number of hydrogen-bond donors (Lipinski definition) is 0. The standard InChI is InChI=1S/C23H26F2O2/c1-3-5-6-16-7-13-20(27-15-16)18-10-8-17(9-11-18)19-12-14-21(26-4-2)23(25)22(19)24/h5-6,8-12,14,16,20H,3-4,7,13,15H2,1-2H3/b6-5+. The van der Waals surface area contributed by atoms with Gasteiger partial charge in [-0.2, -0.15) is 4.39 Å². The van der Waals surface area contributed by atoms with Gasteiger partial charge in [0.1, 0.15) is 0 Å². The Morgan fingerprint density at radius 2 is 1.81 bits per heavy atom. The third-order valence-corrected chi connectivity index (χ3v) is 4.90. The Kier molecular flexibility index (Phi) is 6.62. The predicted octanol–water partition coefficient (Wildman–Crippen LogP) is 6.46. The molecule has 0 amide bonds. The van der Waals surface area contributed by atoms with Crippen molar-refractivity contribution in [2.45, 2.75) is 39.2 Å². The lowest BCUT2D eigenvalue weighted by molar-refractivity contribution is -0.00526. The maximum absolute atomic E-state index is 14.4. The Labute approximate surface area is 159 Å². The molecule has 0 aromatic heterocycles. The van der Waals surface area contributed by atoms with Crippen LogP contribution in [0.4, 0.5) is 8.78 Å². The number of ether oxygens (including phenoxy) is 2. The van der Waals surface area contributed by atoms with Crippen molar-refractivity contribution in [1.82, 2.24) is 0 Å². The van der Waals surface area contributed by atoms with Gasteiger partial charge in [-0.3, -0.25) is 0 Å². The summed E-state index contributed by atoms with van der Waals surface area (Å²) in [5.41, 5.74) is 1.94. The van der Waals surface area contributed by atoms with Gasteiger partial charge in [-0.1, -0.05) is 43.3 Å². The molecule has 2 aromatic rings. The molecule has 0 aliphatic carbocycles. The lowest BCUT2D eigenvalue weighted by Crippen LogP contribution is -2.19. The van der Waals surface area contributed by atoms with E-state index in [-0.39, 0.29) is 17.4 Å². The minimum Gasteiger partial charge on any atom is -0.491 e. The van der Waals surface area contributed by atoms with Gasteiger partial charge in [0.05, 0.1) is 19.3 Å². The molecule has 2 aromatic carbocycles. The van der Waals surface area contributed by atoms with E-state index in [4.69, 9.17) is 9.47 Å². The van der Waals surface area contributed by atoms with E-state index in [1.807, 2.05) is 24.3 Å². The summed E-state index contributed by atoms with van der Waals surface area (Å²) in [6.07, 6.45) is 7.60. The molecule has 1 aliphatic heterocycles. The largest absolute Gasteiger partial charge is 0.491 e. The smallest absolute Gasteiger partial charge is 0.201 e. The van der Waals surface area contributed by atoms with Crippen molar-refractivity contribution in [3.8, 4) is 16.9 Å². The Morgan fingerprint density at radius 3 is 2.44 bits per heavy atom. The van der Waals surface area contributed by atoms with Crippen molar-refractivity contribution in [2.75, 3.05) is 13.2 Å². The quantitative estimate of drug-likeness (QED) is 0.541. The van der Waals surface area contributed by atoms with Gasteiger partial charge in [0.25, 0.3) is 0 Å². The molecule has 0 saturated carbocycles. The predicted molar refractivity (Wildman–Crippen MR) is 104 cm³/mol. The number of allylic oxidation sites excluding steroid dienone is 1. The van der Waals surface area contributed by atoms with Gasteiger partial charge in [0.2, 0.25) is 5.82 Å². The first-order chi connectivity index (χ1) is 13.1. The summed E-state index contributed by atoms with van der Waals surface area (Å²) in [6.45, 7) is 4.88. The van der Waals surface area contributed by atoms with Crippen LogP contribution in [-0.4, -0.2) is 13.2 Å². The maximum Gasteiger partial charge on any atom is 0.201 e. The second kappa shape index (κ2) is 9.14. The van der Waals surface area contributed by atoms with Crippen LogP contribution in [0.3, 0.4) is 0 Å². The summed E-state index contributed by atoms with van der Waals surface area (Å²) in [5.74, 6) is -1.40. The number of hydrogen-bond acceptors (Lipinski definition) is 2. The van der Waals surface area contributed by atoms with Gasteiger partial charge in [-0.15, -0.1) is 0 Å². The number of halogens is 2. The highest BCUT2D eigenvalue weighted by molar-refractivity contribution is 5.65. The van der Waals surface area contributed by atoms with Gasteiger partial charge in [-0.05, 0) is 49.4 Å². The topological polar surface area (TPSA) is 18.5 Å². The zero-order valence-corrected chi connectivity index (χ0v) is 15.9. The second-order valence-electron chi connectivity index (χ2n) is 6.79. The summed E-state index contributed by atoms with van der Waals surface area (Å²) >= 11 is 0. The molecule has 2 atom stereocenters. The van der Waals surface area contributed by atoms with Gasteiger partial charge in [0, 0.05) is 11.5 Å². The van der Waals surface area contributed by atoms with Crippen LogP contribution in [0.5, 0.6) is 5.75 Å². The van der Waals surface area contributed by atoms with Crippen LogP contribution in [0.2, 0.25) is 0 Å². The Hall–Kier alpha value is -2.20. The summed E-state index contributed by atoms with van der Waals surface area (Å²) < 4.78 is 39.6. The molecule has 1 heterocycles. The van der Waals surface area contributed by atoms with E-state index >= 15 is 0 Å². The van der Waals surface area contributed by atoms with Crippen molar-refractivity contribution in [3.63, 3.8) is 0 Å². The van der Waals surface area contributed by atoms with Crippen molar-refractivity contribution in [1.29, 1.82) is 0 Å². The van der Waals surface area contributed by atoms with E-state index in [1.54, 1.807) is 13.0 Å². The third kappa shape index (κ3) is 4.56. The minimum absolute atomic E-state index is 0.0577. The molecule has 2 unspecified atom stereocenters. The van der Waals surface area contributed by atoms with Gasteiger partial charge in [-0.25, -0.2) is 4.39 Å². The molecule has 3 rings (SSSR count). The lowest BCUT2D eigenvalue weighted by atomic mass is 9.93. The first kappa shape index (κ1) is 19.6. The molecular weight excluding hydrogens is 346 g/mol. The van der Waals surface area contributed by atoms with E-state index in [0.717, 1.165) is 31.4 Å². The Balaban J connectivity index is 1.71. The number of benzene rings is 2. The van der Waals surface area contributed by atoms with Gasteiger partial charge < -0.3 is 9.47 Å². The van der Waals surface area contributed by atoms with Crippen LogP contribution in [0.15, 0.2) is 48.6 Å². The van der Waals surface area contributed by atoms with Crippen LogP contribution < -0.4 is 4.74 Å². The molecule has 0 radical (unpaired) electrons. The summed E-state index contributed by atoms with van der Waals surface area (Å²) in [6, 6.07) is 10.5. The highest BCUT2D eigenvalue weighted by atomic mass is 19.2. The molecule has 0 spiro atoms. The van der Waals surface area contributed by atoms with Crippen LogP contribution in [0, 0.1) is 17.6 Å². The average Bonchev–Trinajstić information content (AvgIpc) is 2.71. The molecular formula is C23H26F2O2. The molecule has 0 N–H and O–H groups in total. The molecule has 27 heavy (non-hydrogen) atoms. The highest BCUT2D eigenvalue weighted by Crippen LogP contribution is 2.34. The molecule has 1 aliphatic rings. The van der Waals surface area contributed by atoms with E-state index in [2.05, 4.69) is 19.1 Å². The van der Waals surface area contributed by atoms with Crippen molar-refractivity contribution in [3.05, 3.63) is 65.7 Å². The fourth-order valence-corrected chi connectivity index (χ4v) is 3.41. The normalized spacial score (nSPS) is 20.1. The first-order valence-corrected chi connectivity index (χ1v) is 9.63. The Morgan fingerprint density at radius 1 is 1.04 bits per heavy atom. The van der Waals surface area contributed by atoms with E-state index in [0.29, 0.717) is 18.1 Å². The minimum atomic E-state index is -0.944. The molecule has 0 bridgehead atoms. The molecule has 1 fully saturated rings. The zero-order valence-electron chi connectivity index (χ0n) is 15.9. The maximum atomic E-state index is 14.4. The highest BCUT2D eigenvalue weighted by Gasteiger charge is 2.22. The van der Waals surface area contributed by atoms with E-state index in [9.17, 15) is 8.78 Å². The van der Waals surface area contributed by atoms with Gasteiger partial charge >= 0.3 is 0 Å². The van der Waals surface area contributed by atoms with Crippen LogP contribution in [0.25, 0.3) is 11.1 Å². The first-order valence-electron chi connectivity index (χ1n) is 9.63. The summed E-state index contributed by atoms with van der Waals surface area (Å²) in [5, 5.41) is 0. The SMILES string of the molecule is CC/C=C/C1CCC(c2ccc(-c3ccc(OCC)c(F)c3F)cc2)OC1. The molecule has 2 nitrogen and oxygen atoms in total.